The Labute approximate surface area is 167 Å². The monoisotopic (exact) mass is 392 g/mol. The highest BCUT2D eigenvalue weighted by Gasteiger charge is 2.19. The maximum absolute atomic E-state index is 13.1. The van der Waals surface area contributed by atoms with Gasteiger partial charge in [-0.25, -0.2) is 9.59 Å². The standard InChI is InChI=1S/C22H20N2O5/c1-12-5-8-18-16(9-12)17(10-13(2)23-18)20(25)24-19-11-14(21(26)28-3)6-7-15(19)22(27)29-4/h5-11H,1-4H3,(H,24,25). The van der Waals surface area contributed by atoms with Crippen molar-refractivity contribution in [1.29, 1.82) is 0 Å². The summed E-state index contributed by atoms with van der Waals surface area (Å²) in [6, 6.07) is 11.6. The van der Waals surface area contributed by atoms with Crippen molar-refractivity contribution in [2.45, 2.75) is 13.8 Å². The van der Waals surface area contributed by atoms with Gasteiger partial charge in [0.25, 0.3) is 5.91 Å². The van der Waals surface area contributed by atoms with Crippen LogP contribution in [-0.4, -0.2) is 37.0 Å². The first-order valence-electron chi connectivity index (χ1n) is 8.84. The van der Waals surface area contributed by atoms with Crippen molar-refractivity contribution in [3.05, 3.63) is 70.4 Å². The number of hydrogen-bond donors (Lipinski definition) is 1. The summed E-state index contributed by atoms with van der Waals surface area (Å²) in [5.74, 6) is -1.65. The van der Waals surface area contributed by atoms with Crippen LogP contribution < -0.4 is 5.32 Å². The van der Waals surface area contributed by atoms with Crippen LogP contribution in [0, 0.1) is 13.8 Å². The lowest BCUT2D eigenvalue weighted by Crippen LogP contribution is -2.17. The maximum Gasteiger partial charge on any atom is 0.339 e. The minimum Gasteiger partial charge on any atom is -0.465 e. The van der Waals surface area contributed by atoms with Crippen LogP contribution in [0.2, 0.25) is 0 Å². The molecule has 1 aromatic heterocycles. The van der Waals surface area contributed by atoms with E-state index in [0.29, 0.717) is 22.2 Å². The van der Waals surface area contributed by atoms with Gasteiger partial charge in [0.2, 0.25) is 0 Å². The number of ether oxygens (including phenoxy) is 2. The number of anilines is 1. The summed E-state index contributed by atoms with van der Waals surface area (Å²) in [5.41, 5.74) is 3.25. The quantitative estimate of drug-likeness (QED) is 0.681. The van der Waals surface area contributed by atoms with Crippen LogP contribution in [0.1, 0.15) is 42.3 Å². The first-order chi connectivity index (χ1) is 13.8. The van der Waals surface area contributed by atoms with Crippen LogP contribution in [0.5, 0.6) is 0 Å². The molecule has 0 atom stereocenters. The fraction of sp³-hybridized carbons (Fsp3) is 0.182. The SMILES string of the molecule is COC(=O)c1ccc(C(=O)OC)c(NC(=O)c2cc(C)nc3ccc(C)cc23)c1. The molecule has 0 unspecified atom stereocenters. The molecule has 0 spiro atoms. The Kier molecular flexibility index (Phi) is 5.59. The van der Waals surface area contributed by atoms with E-state index >= 15 is 0 Å². The summed E-state index contributed by atoms with van der Waals surface area (Å²) in [4.78, 5) is 41.5. The molecule has 1 heterocycles. The fourth-order valence-electron chi connectivity index (χ4n) is 3.03. The van der Waals surface area contributed by atoms with E-state index in [1.807, 2.05) is 25.1 Å². The molecular weight excluding hydrogens is 372 g/mol. The number of carbonyl (C=O) groups is 3. The van der Waals surface area contributed by atoms with E-state index in [0.717, 1.165) is 5.56 Å². The Balaban J connectivity index is 2.09. The number of rotatable bonds is 4. The number of hydrogen-bond acceptors (Lipinski definition) is 6. The van der Waals surface area contributed by atoms with Crippen molar-refractivity contribution >= 4 is 34.4 Å². The van der Waals surface area contributed by atoms with E-state index in [-0.39, 0.29) is 16.8 Å². The number of methoxy groups -OCH3 is 2. The summed E-state index contributed by atoms with van der Waals surface area (Å²) in [6.07, 6.45) is 0. The van der Waals surface area contributed by atoms with Crippen molar-refractivity contribution in [3.63, 3.8) is 0 Å². The van der Waals surface area contributed by atoms with E-state index in [4.69, 9.17) is 9.47 Å². The van der Waals surface area contributed by atoms with E-state index in [2.05, 4.69) is 10.3 Å². The number of pyridine rings is 1. The van der Waals surface area contributed by atoms with Crippen LogP contribution in [0.4, 0.5) is 5.69 Å². The summed E-state index contributed by atoms with van der Waals surface area (Å²) in [7, 11) is 2.49. The van der Waals surface area contributed by atoms with Gasteiger partial charge in [0.1, 0.15) is 0 Å². The second-order valence-corrected chi connectivity index (χ2v) is 6.53. The Morgan fingerprint density at radius 2 is 1.59 bits per heavy atom. The van der Waals surface area contributed by atoms with Gasteiger partial charge >= 0.3 is 11.9 Å². The molecule has 0 aliphatic carbocycles. The minimum atomic E-state index is -0.636. The number of nitrogens with zero attached hydrogens (tertiary/aromatic N) is 1. The molecule has 0 radical (unpaired) electrons. The topological polar surface area (TPSA) is 94.6 Å². The molecule has 7 heteroatoms. The molecule has 2 aromatic carbocycles. The summed E-state index contributed by atoms with van der Waals surface area (Å²) in [5, 5.41) is 3.42. The number of esters is 2. The molecule has 7 nitrogen and oxygen atoms in total. The lowest BCUT2D eigenvalue weighted by atomic mass is 10.0. The van der Waals surface area contributed by atoms with Crippen LogP contribution in [-0.2, 0) is 9.47 Å². The van der Waals surface area contributed by atoms with Gasteiger partial charge in [0, 0.05) is 11.1 Å². The number of carbonyl (C=O) groups excluding carboxylic acids is 3. The van der Waals surface area contributed by atoms with Gasteiger partial charge in [-0.15, -0.1) is 0 Å². The smallest absolute Gasteiger partial charge is 0.339 e. The zero-order chi connectivity index (χ0) is 21.1. The Morgan fingerprint density at radius 1 is 0.862 bits per heavy atom. The third-order valence-electron chi connectivity index (χ3n) is 4.43. The van der Waals surface area contributed by atoms with E-state index in [1.54, 1.807) is 13.0 Å². The molecule has 1 N–H and O–H groups in total. The summed E-state index contributed by atoms with van der Waals surface area (Å²) < 4.78 is 9.50. The molecule has 0 fully saturated rings. The van der Waals surface area contributed by atoms with Gasteiger partial charge in [0.15, 0.2) is 0 Å². The van der Waals surface area contributed by atoms with Gasteiger partial charge in [0.05, 0.1) is 42.1 Å². The number of aromatic nitrogens is 1. The van der Waals surface area contributed by atoms with Crippen LogP contribution in [0.15, 0.2) is 42.5 Å². The van der Waals surface area contributed by atoms with E-state index < -0.39 is 17.8 Å². The molecule has 0 aliphatic rings. The minimum absolute atomic E-state index is 0.125. The second-order valence-electron chi connectivity index (χ2n) is 6.53. The van der Waals surface area contributed by atoms with Crippen LogP contribution in [0.3, 0.4) is 0 Å². The van der Waals surface area contributed by atoms with Crippen molar-refractivity contribution in [2.75, 3.05) is 19.5 Å². The Hall–Kier alpha value is -3.74. The predicted octanol–water partition coefficient (Wildman–Crippen LogP) is 3.68. The molecule has 3 aromatic rings. The fourth-order valence-corrected chi connectivity index (χ4v) is 3.03. The molecule has 1 amide bonds. The molecular formula is C22H20N2O5. The van der Waals surface area contributed by atoms with E-state index in [9.17, 15) is 14.4 Å². The third-order valence-corrected chi connectivity index (χ3v) is 4.43. The lowest BCUT2D eigenvalue weighted by molar-refractivity contribution is 0.0587. The molecule has 148 valence electrons. The zero-order valence-electron chi connectivity index (χ0n) is 16.5. The van der Waals surface area contributed by atoms with Gasteiger partial charge < -0.3 is 14.8 Å². The van der Waals surface area contributed by atoms with Crippen LogP contribution >= 0.6 is 0 Å². The average molecular weight is 392 g/mol. The maximum atomic E-state index is 13.1. The molecule has 0 bridgehead atoms. The van der Waals surface area contributed by atoms with Gasteiger partial charge in [-0.05, 0) is 50.2 Å². The molecule has 3 rings (SSSR count). The number of fused-ring (bicyclic) bond motifs is 1. The Morgan fingerprint density at radius 3 is 2.28 bits per heavy atom. The van der Waals surface area contributed by atoms with Crippen molar-refractivity contribution < 1.29 is 23.9 Å². The summed E-state index contributed by atoms with van der Waals surface area (Å²) in [6.45, 7) is 3.73. The van der Waals surface area contributed by atoms with Gasteiger partial charge in [-0.3, -0.25) is 9.78 Å². The third kappa shape index (κ3) is 4.08. The molecule has 0 saturated heterocycles. The number of nitrogens with one attached hydrogen (secondary N) is 1. The molecule has 0 saturated carbocycles. The normalized spacial score (nSPS) is 10.5. The predicted molar refractivity (Wildman–Crippen MR) is 108 cm³/mol. The van der Waals surface area contributed by atoms with Crippen molar-refractivity contribution in [3.8, 4) is 0 Å². The van der Waals surface area contributed by atoms with Crippen LogP contribution in [0.25, 0.3) is 10.9 Å². The van der Waals surface area contributed by atoms with Crippen molar-refractivity contribution in [2.24, 2.45) is 0 Å². The number of aryl methyl sites for hydroxylation is 2. The first kappa shape index (κ1) is 20.0. The number of benzene rings is 2. The molecule has 0 aliphatic heterocycles. The highest BCUT2D eigenvalue weighted by Crippen LogP contribution is 2.24. The zero-order valence-corrected chi connectivity index (χ0v) is 16.5. The molecule has 29 heavy (non-hydrogen) atoms. The van der Waals surface area contributed by atoms with Crippen molar-refractivity contribution in [1.82, 2.24) is 4.98 Å². The Bertz CT molecular complexity index is 1140. The van der Waals surface area contributed by atoms with E-state index in [1.165, 1.54) is 32.4 Å². The second kappa shape index (κ2) is 8.10. The van der Waals surface area contributed by atoms with Gasteiger partial charge in [-0.1, -0.05) is 11.6 Å². The lowest BCUT2D eigenvalue weighted by Gasteiger charge is -2.13. The highest BCUT2D eigenvalue weighted by molar-refractivity contribution is 6.14. The highest BCUT2D eigenvalue weighted by atomic mass is 16.5. The summed E-state index contributed by atoms with van der Waals surface area (Å²) >= 11 is 0. The van der Waals surface area contributed by atoms with Gasteiger partial charge in [-0.2, -0.15) is 0 Å². The number of amides is 1. The first-order valence-corrected chi connectivity index (χ1v) is 8.84. The largest absolute Gasteiger partial charge is 0.465 e. The average Bonchev–Trinajstić information content (AvgIpc) is 2.72.